The van der Waals surface area contributed by atoms with Crippen molar-refractivity contribution in [1.29, 1.82) is 0 Å². The third-order valence-electron chi connectivity index (χ3n) is 2.97. The van der Waals surface area contributed by atoms with Crippen LogP contribution in [0.2, 0.25) is 0 Å². The molecule has 0 aromatic heterocycles. The molecule has 0 spiro atoms. The fourth-order valence-electron chi connectivity index (χ4n) is 1.85. The van der Waals surface area contributed by atoms with E-state index in [0.717, 1.165) is 16.7 Å². The predicted molar refractivity (Wildman–Crippen MR) is 65.1 cm³/mol. The van der Waals surface area contributed by atoms with Crippen LogP contribution in [0.5, 0.6) is 0 Å². The largest absolute Gasteiger partial charge is 0.294 e. The summed E-state index contributed by atoms with van der Waals surface area (Å²) in [5, 5.41) is 0. The monoisotopic (exact) mass is 224 g/mol. The second kappa shape index (κ2) is 4.80. The quantitative estimate of drug-likeness (QED) is 0.565. The number of carbonyl (C=O) groups excluding carboxylic acids is 1. The number of carbonyl (C=O) groups is 1. The van der Waals surface area contributed by atoms with Gasteiger partial charge in [-0.2, -0.15) is 0 Å². The summed E-state index contributed by atoms with van der Waals surface area (Å²) in [6, 6.07) is 2.13. The number of Topliss-reactive ketones (excluding diaryl/α,β-unsaturated/α-hetero) is 1. The Labute approximate surface area is 96.5 Å². The van der Waals surface area contributed by atoms with E-state index in [4.69, 9.17) is 11.6 Å². The summed E-state index contributed by atoms with van der Waals surface area (Å²) in [5.41, 5.74) is 5.40. The van der Waals surface area contributed by atoms with Crippen LogP contribution in [0.3, 0.4) is 0 Å². The van der Waals surface area contributed by atoms with Gasteiger partial charge in [-0.15, -0.1) is 11.6 Å². The van der Waals surface area contributed by atoms with Crippen LogP contribution in [-0.4, -0.2) is 11.7 Å². The second-order valence-electron chi connectivity index (χ2n) is 4.00. The number of benzene rings is 1. The van der Waals surface area contributed by atoms with Gasteiger partial charge < -0.3 is 0 Å². The topological polar surface area (TPSA) is 17.1 Å². The highest BCUT2D eigenvalue weighted by atomic mass is 35.5. The van der Waals surface area contributed by atoms with E-state index in [9.17, 15) is 4.79 Å². The summed E-state index contributed by atoms with van der Waals surface area (Å²) < 4.78 is 0. The zero-order chi connectivity index (χ0) is 11.6. The molecule has 0 amide bonds. The molecule has 1 aromatic carbocycles. The van der Waals surface area contributed by atoms with E-state index in [1.54, 1.807) is 0 Å². The Balaban J connectivity index is 3.32. The van der Waals surface area contributed by atoms with E-state index < -0.39 is 0 Å². The van der Waals surface area contributed by atoms with E-state index in [1.807, 2.05) is 27.7 Å². The summed E-state index contributed by atoms with van der Waals surface area (Å²) in [5.74, 6) is 0.553. The number of halogens is 1. The molecule has 0 bridgehead atoms. The number of hydrogen-bond acceptors (Lipinski definition) is 1. The van der Waals surface area contributed by atoms with E-state index in [0.29, 0.717) is 12.3 Å². The zero-order valence-corrected chi connectivity index (χ0v) is 10.5. The van der Waals surface area contributed by atoms with Crippen LogP contribution in [0.1, 0.15) is 39.0 Å². The van der Waals surface area contributed by atoms with Gasteiger partial charge >= 0.3 is 0 Å². The first kappa shape index (κ1) is 12.3. The molecule has 82 valence electrons. The van der Waals surface area contributed by atoms with Crippen molar-refractivity contribution in [2.24, 2.45) is 0 Å². The molecule has 0 saturated heterocycles. The third kappa shape index (κ3) is 2.40. The SMILES string of the molecule is Cc1cc(C)c(C)c(C(=O)CCCl)c1C. The standard InChI is InChI=1S/C13H17ClO/c1-8-7-9(2)11(4)13(10(8)3)12(15)5-6-14/h7H,5-6H2,1-4H3. The van der Waals surface area contributed by atoms with Gasteiger partial charge in [0.15, 0.2) is 5.78 Å². The van der Waals surface area contributed by atoms with Gasteiger partial charge in [0.25, 0.3) is 0 Å². The summed E-state index contributed by atoms with van der Waals surface area (Å²) >= 11 is 5.61. The summed E-state index contributed by atoms with van der Waals surface area (Å²) in [4.78, 5) is 11.9. The highest BCUT2D eigenvalue weighted by molar-refractivity contribution is 6.19. The summed E-state index contributed by atoms with van der Waals surface area (Å²) in [7, 11) is 0. The molecule has 1 rings (SSSR count). The molecule has 0 N–H and O–H groups in total. The van der Waals surface area contributed by atoms with Crippen LogP contribution >= 0.6 is 11.6 Å². The first-order valence-electron chi connectivity index (χ1n) is 5.15. The van der Waals surface area contributed by atoms with E-state index in [2.05, 4.69) is 6.07 Å². The highest BCUT2D eigenvalue weighted by Crippen LogP contribution is 2.22. The summed E-state index contributed by atoms with van der Waals surface area (Å²) in [6.07, 6.45) is 0.423. The molecule has 2 heteroatoms. The fraction of sp³-hybridized carbons (Fsp3) is 0.462. The normalized spacial score (nSPS) is 10.5. The van der Waals surface area contributed by atoms with Crippen LogP contribution in [-0.2, 0) is 0 Å². The minimum absolute atomic E-state index is 0.159. The molecule has 0 saturated carbocycles. The van der Waals surface area contributed by atoms with Crippen molar-refractivity contribution in [3.8, 4) is 0 Å². The lowest BCUT2D eigenvalue weighted by Crippen LogP contribution is -2.08. The smallest absolute Gasteiger partial charge is 0.164 e. The Kier molecular flexibility index (Phi) is 3.92. The Morgan fingerprint density at radius 2 is 1.60 bits per heavy atom. The van der Waals surface area contributed by atoms with Gasteiger partial charge in [0.2, 0.25) is 0 Å². The van der Waals surface area contributed by atoms with Crippen molar-refractivity contribution in [2.75, 3.05) is 5.88 Å². The van der Waals surface area contributed by atoms with Gasteiger partial charge in [-0.3, -0.25) is 4.79 Å². The Morgan fingerprint density at radius 3 is 2.00 bits per heavy atom. The van der Waals surface area contributed by atoms with Gasteiger partial charge in [-0.25, -0.2) is 0 Å². The molecule has 15 heavy (non-hydrogen) atoms. The first-order chi connectivity index (χ1) is 6.99. The fourth-order valence-corrected chi connectivity index (χ4v) is 2.02. The second-order valence-corrected chi connectivity index (χ2v) is 4.38. The van der Waals surface area contributed by atoms with Crippen LogP contribution in [0.25, 0.3) is 0 Å². The lowest BCUT2D eigenvalue weighted by Gasteiger charge is -2.13. The zero-order valence-electron chi connectivity index (χ0n) is 9.78. The maximum atomic E-state index is 11.9. The van der Waals surface area contributed by atoms with Crippen molar-refractivity contribution in [1.82, 2.24) is 0 Å². The Morgan fingerprint density at radius 1 is 1.13 bits per heavy atom. The molecule has 0 heterocycles. The van der Waals surface area contributed by atoms with Crippen LogP contribution < -0.4 is 0 Å². The van der Waals surface area contributed by atoms with Crippen molar-refractivity contribution in [3.63, 3.8) is 0 Å². The van der Waals surface area contributed by atoms with Crippen molar-refractivity contribution < 1.29 is 4.79 Å². The maximum absolute atomic E-state index is 11.9. The van der Waals surface area contributed by atoms with Crippen molar-refractivity contribution in [3.05, 3.63) is 33.9 Å². The first-order valence-corrected chi connectivity index (χ1v) is 5.69. The minimum atomic E-state index is 0.159. The molecule has 0 aliphatic rings. The van der Waals surface area contributed by atoms with E-state index >= 15 is 0 Å². The molecule has 0 radical (unpaired) electrons. The van der Waals surface area contributed by atoms with Crippen LogP contribution in [0.4, 0.5) is 0 Å². The molecular formula is C13H17ClO. The van der Waals surface area contributed by atoms with Gasteiger partial charge in [-0.1, -0.05) is 6.07 Å². The van der Waals surface area contributed by atoms with Gasteiger partial charge in [0.05, 0.1) is 0 Å². The molecule has 1 aromatic rings. The Bertz CT molecular complexity index is 368. The third-order valence-corrected chi connectivity index (χ3v) is 3.16. The maximum Gasteiger partial charge on any atom is 0.164 e. The number of hydrogen-bond donors (Lipinski definition) is 0. The average molecular weight is 225 g/mol. The molecule has 0 fully saturated rings. The predicted octanol–water partition coefficient (Wildman–Crippen LogP) is 3.73. The van der Waals surface area contributed by atoms with Gasteiger partial charge in [0, 0.05) is 17.9 Å². The lowest BCUT2D eigenvalue weighted by molar-refractivity contribution is 0.0988. The Hall–Kier alpha value is -0.820. The average Bonchev–Trinajstić information content (AvgIpc) is 2.16. The number of ketones is 1. The van der Waals surface area contributed by atoms with Crippen LogP contribution in [0, 0.1) is 27.7 Å². The molecule has 0 aliphatic heterocycles. The minimum Gasteiger partial charge on any atom is -0.294 e. The van der Waals surface area contributed by atoms with Crippen LogP contribution in [0.15, 0.2) is 6.07 Å². The number of rotatable bonds is 3. The van der Waals surface area contributed by atoms with Gasteiger partial charge in [-0.05, 0) is 49.9 Å². The number of aryl methyl sites for hydroxylation is 2. The van der Waals surface area contributed by atoms with Crippen molar-refractivity contribution >= 4 is 17.4 Å². The molecule has 0 unspecified atom stereocenters. The lowest BCUT2D eigenvalue weighted by atomic mass is 9.91. The molecule has 0 aliphatic carbocycles. The van der Waals surface area contributed by atoms with Gasteiger partial charge in [0.1, 0.15) is 0 Å². The molecule has 1 nitrogen and oxygen atoms in total. The molecular weight excluding hydrogens is 208 g/mol. The summed E-state index contributed by atoms with van der Waals surface area (Å²) in [6.45, 7) is 8.09. The van der Waals surface area contributed by atoms with Crippen molar-refractivity contribution in [2.45, 2.75) is 34.1 Å². The highest BCUT2D eigenvalue weighted by Gasteiger charge is 2.14. The number of alkyl halides is 1. The van der Waals surface area contributed by atoms with E-state index in [1.165, 1.54) is 11.1 Å². The van der Waals surface area contributed by atoms with E-state index in [-0.39, 0.29) is 5.78 Å². The molecule has 0 atom stereocenters.